The van der Waals surface area contributed by atoms with E-state index in [1.165, 1.54) is 7.11 Å². The molecule has 1 N–H and O–H groups in total. The molecule has 1 aromatic rings. The van der Waals surface area contributed by atoms with Crippen molar-refractivity contribution in [2.24, 2.45) is 0 Å². The third-order valence-electron chi connectivity index (χ3n) is 1.85. The molecule has 0 amide bonds. The SMILES string of the molecule is COc1c(Br)ccc(CC(=O)O)c1C#N. The summed E-state index contributed by atoms with van der Waals surface area (Å²) in [4.78, 5) is 10.6. The average molecular weight is 270 g/mol. The van der Waals surface area contributed by atoms with Crippen LogP contribution in [-0.2, 0) is 11.2 Å². The molecule has 78 valence electrons. The topological polar surface area (TPSA) is 70.3 Å². The Morgan fingerprint density at radius 1 is 1.67 bits per heavy atom. The van der Waals surface area contributed by atoms with E-state index in [0.717, 1.165) is 0 Å². The summed E-state index contributed by atoms with van der Waals surface area (Å²) in [6.07, 6.45) is -0.188. The monoisotopic (exact) mass is 269 g/mol. The first-order valence-electron chi connectivity index (χ1n) is 4.07. The van der Waals surface area contributed by atoms with E-state index in [1.807, 2.05) is 6.07 Å². The Labute approximate surface area is 95.2 Å². The molecular weight excluding hydrogens is 262 g/mol. The number of nitriles is 1. The number of methoxy groups -OCH3 is 1. The van der Waals surface area contributed by atoms with Gasteiger partial charge < -0.3 is 9.84 Å². The molecule has 0 radical (unpaired) electrons. The molecule has 1 aromatic carbocycles. The summed E-state index contributed by atoms with van der Waals surface area (Å²) in [7, 11) is 1.44. The molecule has 1 rings (SSSR count). The van der Waals surface area contributed by atoms with Crippen molar-refractivity contribution in [1.82, 2.24) is 0 Å². The minimum absolute atomic E-state index is 0.188. The van der Waals surface area contributed by atoms with Crippen LogP contribution >= 0.6 is 15.9 Å². The molecule has 0 saturated heterocycles. The normalized spacial score (nSPS) is 9.40. The van der Waals surface area contributed by atoms with E-state index in [9.17, 15) is 4.79 Å². The molecule has 0 atom stereocenters. The number of hydrogen-bond donors (Lipinski definition) is 1. The summed E-state index contributed by atoms with van der Waals surface area (Å²) in [5.41, 5.74) is 0.708. The largest absolute Gasteiger partial charge is 0.494 e. The van der Waals surface area contributed by atoms with E-state index in [2.05, 4.69) is 15.9 Å². The van der Waals surface area contributed by atoms with Crippen LogP contribution in [-0.4, -0.2) is 18.2 Å². The molecule has 0 heterocycles. The maximum absolute atomic E-state index is 10.6. The molecule has 5 heteroatoms. The number of rotatable bonds is 3. The third kappa shape index (κ3) is 2.48. The van der Waals surface area contributed by atoms with E-state index < -0.39 is 5.97 Å². The first-order chi connectivity index (χ1) is 7.10. The molecule has 0 aliphatic carbocycles. The summed E-state index contributed by atoms with van der Waals surface area (Å²) in [6, 6.07) is 5.20. The number of halogens is 1. The Kier molecular flexibility index (Phi) is 3.69. The van der Waals surface area contributed by atoms with Gasteiger partial charge in [0.05, 0.1) is 23.6 Å². The minimum atomic E-state index is -0.976. The summed E-state index contributed by atoms with van der Waals surface area (Å²) in [5.74, 6) is -0.605. The first kappa shape index (κ1) is 11.5. The van der Waals surface area contributed by atoms with Crippen molar-refractivity contribution in [1.29, 1.82) is 5.26 Å². The fourth-order valence-electron chi connectivity index (χ4n) is 1.23. The zero-order valence-electron chi connectivity index (χ0n) is 7.95. The van der Waals surface area contributed by atoms with Crippen molar-refractivity contribution in [3.8, 4) is 11.8 Å². The van der Waals surface area contributed by atoms with Gasteiger partial charge in [-0.15, -0.1) is 0 Å². The summed E-state index contributed by atoms with van der Waals surface area (Å²) in [6.45, 7) is 0. The van der Waals surface area contributed by atoms with Gasteiger partial charge in [-0.2, -0.15) is 5.26 Å². The van der Waals surface area contributed by atoms with Gasteiger partial charge in [0.15, 0.2) is 5.75 Å². The molecule has 4 nitrogen and oxygen atoms in total. The number of ether oxygens (including phenoxy) is 1. The Balaban J connectivity index is 3.30. The average Bonchev–Trinajstić information content (AvgIpc) is 2.19. The Morgan fingerprint density at radius 3 is 2.80 bits per heavy atom. The molecule has 0 aliphatic rings. The molecule has 0 aromatic heterocycles. The van der Waals surface area contributed by atoms with Crippen molar-refractivity contribution in [2.45, 2.75) is 6.42 Å². The number of hydrogen-bond acceptors (Lipinski definition) is 3. The fraction of sp³-hybridized carbons (Fsp3) is 0.200. The van der Waals surface area contributed by atoms with E-state index in [0.29, 0.717) is 15.8 Å². The third-order valence-corrected chi connectivity index (χ3v) is 2.48. The molecule has 0 saturated carbocycles. The number of benzene rings is 1. The highest BCUT2D eigenvalue weighted by Gasteiger charge is 2.14. The van der Waals surface area contributed by atoms with E-state index in [4.69, 9.17) is 15.1 Å². The number of carboxylic acids is 1. The van der Waals surface area contributed by atoms with Gasteiger partial charge in [0, 0.05) is 0 Å². The van der Waals surface area contributed by atoms with Gasteiger partial charge in [0.25, 0.3) is 0 Å². The van der Waals surface area contributed by atoms with Crippen LogP contribution in [0.5, 0.6) is 5.75 Å². The molecule has 0 unspecified atom stereocenters. The van der Waals surface area contributed by atoms with Gasteiger partial charge in [-0.05, 0) is 27.6 Å². The Bertz CT molecular complexity index is 437. The standard InChI is InChI=1S/C10H8BrNO3/c1-15-10-7(5-12)6(4-9(13)14)2-3-8(10)11/h2-3H,4H2,1H3,(H,13,14). The number of aliphatic carboxylic acids is 1. The fourth-order valence-corrected chi connectivity index (χ4v) is 1.72. The van der Waals surface area contributed by atoms with Crippen LogP contribution in [0.3, 0.4) is 0 Å². The van der Waals surface area contributed by atoms with Crippen LogP contribution in [0.25, 0.3) is 0 Å². The molecule has 0 bridgehead atoms. The van der Waals surface area contributed by atoms with Crippen LogP contribution in [0.2, 0.25) is 0 Å². The number of nitrogens with zero attached hydrogens (tertiary/aromatic N) is 1. The Morgan fingerprint density at radius 2 is 2.33 bits per heavy atom. The molecule has 0 aliphatic heterocycles. The Hall–Kier alpha value is -1.54. The van der Waals surface area contributed by atoms with Crippen molar-refractivity contribution in [3.63, 3.8) is 0 Å². The van der Waals surface area contributed by atoms with Crippen molar-refractivity contribution >= 4 is 21.9 Å². The van der Waals surface area contributed by atoms with Crippen molar-refractivity contribution in [2.75, 3.05) is 7.11 Å². The van der Waals surface area contributed by atoms with Crippen molar-refractivity contribution in [3.05, 3.63) is 27.7 Å². The lowest BCUT2D eigenvalue weighted by Crippen LogP contribution is -2.03. The zero-order valence-corrected chi connectivity index (χ0v) is 9.54. The van der Waals surface area contributed by atoms with Crippen LogP contribution in [0, 0.1) is 11.3 Å². The minimum Gasteiger partial charge on any atom is -0.494 e. The quantitative estimate of drug-likeness (QED) is 0.911. The number of carbonyl (C=O) groups is 1. The predicted molar refractivity (Wildman–Crippen MR) is 56.7 cm³/mol. The van der Waals surface area contributed by atoms with E-state index in [-0.39, 0.29) is 12.0 Å². The summed E-state index contributed by atoms with van der Waals surface area (Å²) >= 11 is 3.22. The van der Waals surface area contributed by atoms with Gasteiger partial charge in [-0.25, -0.2) is 0 Å². The van der Waals surface area contributed by atoms with Crippen LogP contribution in [0.4, 0.5) is 0 Å². The summed E-state index contributed by atoms with van der Waals surface area (Å²) < 4.78 is 5.66. The maximum Gasteiger partial charge on any atom is 0.307 e. The molecule has 0 fully saturated rings. The predicted octanol–water partition coefficient (Wildman–Crippen LogP) is 1.96. The molecular formula is C10H8BrNO3. The van der Waals surface area contributed by atoms with Crippen LogP contribution < -0.4 is 4.74 Å². The van der Waals surface area contributed by atoms with Gasteiger partial charge in [0.2, 0.25) is 0 Å². The molecule has 0 spiro atoms. The highest BCUT2D eigenvalue weighted by atomic mass is 79.9. The van der Waals surface area contributed by atoms with Crippen molar-refractivity contribution < 1.29 is 14.6 Å². The highest BCUT2D eigenvalue weighted by Crippen LogP contribution is 2.31. The van der Waals surface area contributed by atoms with E-state index >= 15 is 0 Å². The lowest BCUT2D eigenvalue weighted by atomic mass is 10.0. The van der Waals surface area contributed by atoms with Crippen LogP contribution in [0.1, 0.15) is 11.1 Å². The maximum atomic E-state index is 10.6. The summed E-state index contributed by atoms with van der Waals surface area (Å²) in [5, 5.41) is 17.6. The second kappa shape index (κ2) is 4.80. The van der Waals surface area contributed by atoms with Gasteiger partial charge in [-0.3, -0.25) is 4.79 Å². The lowest BCUT2D eigenvalue weighted by molar-refractivity contribution is -0.136. The smallest absolute Gasteiger partial charge is 0.307 e. The lowest BCUT2D eigenvalue weighted by Gasteiger charge is -2.08. The number of carboxylic acid groups (broad SMARTS) is 1. The highest BCUT2D eigenvalue weighted by molar-refractivity contribution is 9.10. The van der Waals surface area contributed by atoms with E-state index in [1.54, 1.807) is 12.1 Å². The zero-order chi connectivity index (χ0) is 11.4. The van der Waals surface area contributed by atoms with Crippen LogP contribution in [0.15, 0.2) is 16.6 Å². The first-order valence-corrected chi connectivity index (χ1v) is 4.86. The van der Waals surface area contributed by atoms with Gasteiger partial charge in [-0.1, -0.05) is 6.07 Å². The van der Waals surface area contributed by atoms with Gasteiger partial charge >= 0.3 is 5.97 Å². The second-order valence-electron chi connectivity index (χ2n) is 2.80. The molecule has 15 heavy (non-hydrogen) atoms. The van der Waals surface area contributed by atoms with Gasteiger partial charge in [0.1, 0.15) is 6.07 Å². The second-order valence-corrected chi connectivity index (χ2v) is 3.65.